The number of carboxylic acids is 1. The molecule has 1 saturated carbocycles. The number of carbonyl (C=O) groups excluding carboxylic acids is 1. The Morgan fingerprint density at radius 3 is 2.60 bits per heavy atom. The highest BCUT2D eigenvalue weighted by Gasteiger charge is 2.43. The topological polar surface area (TPSA) is 130 Å². The highest BCUT2D eigenvalue weighted by molar-refractivity contribution is 7.89. The number of hydrogen-bond acceptors (Lipinski definition) is 6. The molecular formula is C32H42ClN3O6S. The number of benzene rings is 2. The molecule has 0 radical (unpaired) electrons. The second-order valence-electron chi connectivity index (χ2n) is 12.9. The van der Waals surface area contributed by atoms with Gasteiger partial charge in [0, 0.05) is 43.5 Å². The van der Waals surface area contributed by atoms with Crippen molar-refractivity contribution in [3.8, 4) is 5.75 Å². The number of carbonyl (C=O) groups is 2. The minimum Gasteiger partial charge on any atom is -0.490 e. The summed E-state index contributed by atoms with van der Waals surface area (Å²) in [4.78, 5) is 29.0. The molecule has 3 N–H and O–H groups in total. The fourth-order valence-electron chi connectivity index (χ4n) is 7.02. The quantitative estimate of drug-likeness (QED) is 0.410. The number of halogens is 1. The molecule has 11 heteroatoms. The van der Waals surface area contributed by atoms with E-state index in [2.05, 4.69) is 17.0 Å². The molecule has 1 spiro atoms. The number of aryl methyl sites for hydroxylation is 1. The second-order valence-corrected chi connectivity index (χ2v) is 15.3. The molecule has 234 valence electrons. The molecule has 5 rings (SSSR count). The van der Waals surface area contributed by atoms with Gasteiger partial charge < -0.3 is 19.6 Å². The lowest BCUT2D eigenvalue weighted by molar-refractivity contribution is -0.132. The van der Waals surface area contributed by atoms with E-state index < -0.39 is 21.2 Å². The third-order valence-corrected chi connectivity index (χ3v) is 11.8. The fourth-order valence-corrected chi connectivity index (χ4v) is 7.96. The zero-order chi connectivity index (χ0) is 31.1. The molecule has 43 heavy (non-hydrogen) atoms. The minimum absolute atomic E-state index is 0.0929. The van der Waals surface area contributed by atoms with Crippen LogP contribution in [-0.4, -0.2) is 68.8 Å². The van der Waals surface area contributed by atoms with Gasteiger partial charge in [-0.2, -0.15) is 0 Å². The van der Waals surface area contributed by atoms with Crippen molar-refractivity contribution in [1.82, 2.24) is 4.90 Å². The number of ether oxygens (including phenoxy) is 1. The van der Waals surface area contributed by atoms with Gasteiger partial charge in [0.15, 0.2) is 0 Å². The molecule has 0 saturated heterocycles. The minimum atomic E-state index is -3.71. The number of nitrogens with two attached hydrogens (primary N) is 1. The van der Waals surface area contributed by atoms with Gasteiger partial charge in [0.05, 0.1) is 23.1 Å². The van der Waals surface area contributed by atoms with Crippen molar-refractivity contribution in [1.29, 1.82) is 0 Å². The largest absolute Gasteiger partial charge is 0.490 e. The van der Waals surface area contributed by atoms with Crippen LogP contribution in [0.25, 0.3) is 0 Å². The van der Waals surface area contributed by atoms with Gasteiger partial charge >= 0.3 is 5.97 Å². The number of sulfonamides is 1. The Kier molecular flexibility index (Phi) is 9.03. The summed E-state index contributed by atoms with van der Waals surface area (Å²) in [5.74, 6) is -0.186. The van der Waals surface area contributed by atoms with Crippen molar-refractivity contribution in [2.45, 2.75) is 63.0 Å². The molecule has 0 aromatic heterocycles. The molecule has 2 aromatic rings. The molecule has 3 unspecified atom stereocenters. The Hall–Kier alpha value is -2.82. The first kappa shape index (κ1) is 31.6. The Labute approximate surface area is 259 Å². The first-order valence-electron chi connectivity index (χ1n) is 15.1. The van der Waals surface area contributed by atoms with Crippen LogP contribution in [-0.2, 0) is 26.7 Å². The highest BCUT2D eigenvalue weighted by atomic mass is 35.5. The van der Waals surface area contributed by atoms with Gasteiger partial charge in [-0.05, 0) is 98.2 Å². The van der Waals surface area contributed by atoms with Crippen LogP contribution in [0.1, 0.15) is 67.4 Å². The van der Waals surface area contributed by atoms with Gasteiger partial charge in [-0.1, -0.05) is 24.6 Å². The van der Waals surface area contributed by atoms with Crippen molar-refractivity contribution in [2.24, 2.45) is 22.9 Å². The summed E-state index contributed by atoms with van der Waals surface area (Å²) in [6, 6.07) is 11.2. The van der Waals surface area contributed by atoms with Gasteiger partial charge in [-0.15, -0.1) is 0 Å². The molecule has 3 aliphatic rings. The smallest absolute Gasteiger partial charge is 0.335 e. The molecule has 1 heterocycles. The van der Waals surface area contributed by atoms with E-state index in [1.807, 2.05) is 6.07 Å². The first-order chi connectivity index (χ1) is 20.3. The lowest BCUT2D eigenvalue weighted by Gasteiger charge is -2.45. The van der Waals surface area contributed by atoms with Crippen LogP contribution >= 0.6 is 11.6 Å². The average molecular weight is 632 g/mol. The van der Waals surface area contributed by atoms with Crippen molar-refractivity contribution >= 4 is 39.2 Å². The van der Waals surface area contributed by atoms with Crippen molar-refractivity contribution in [3.05, 3.63) is 58.1 Å². The van der Waals surface area contributed by atoms with E-state index >= 15 is 0 Å². The number of primary sulfonamides is 1. The number of anilines is 1. The number of aromatic carboxylic acids is 1. The molecule has 9 nitrogen and oxygen atoms in total. The molecule has 1 aliphatic heterocycles. The van der Waals surface area contributed by atoms with Crippen LogP contribution in [0.15, 0.2) is 36.4 Å². The number of nitrogens with zero attached hydrogens (tertiary/aromatic N) is 2. The number of hydrogen-bond donors (Lipinski definition) is 2. The molecule has 1 amide bonds. The molecule has 2 aliphatic carbocycles. The predicted molar refractivity (Wildman–Crippen MR) is 167 cm³/mol. The Morgan fingerprint density at radius 1 is 1.19 bits per heavy atom. The normalized spacial score (nSPS) is 24.5. The number of carboxylic acid groups (broad SMARTS) is 1. The summed E-state index contributed by atoms with van der Waals surface area (Å²) < 4.78 is 30.0. The molecule has 2 aromatic carbocycles. The molecule has 1 fully saturated rings. The van der Waals surface area contributed by atoms with Crippen molar-refractivity contribution in [3.63, 3.8) is 0 Å². The number of rotatable bonds is 9. The summed E-state index contributed by atoms with van der Waals surface area (Å²) in [5, 5.41) is 15.0. The van der Waals surface area contributed by atoms with E-state index in [0.717, 1.165) is 49.4 Å². The summed E-state index contributed by atoms with van der Waals surface area (Å²) in [6.45, 7) is 5.77. The maximum absolute atomic E-state index is 13.0. The first-order valence-corrected chi connectivity index (χ1v) is 17.1. The van der Waals surface area contributed by atoms with Crippen molar-refractivity contribution < 1.29 is 27.9 Å². The monoisotopic (exact) mass is 631 g/mol. The maximum Gasteiger partial charge on any atom is 0.335 e. The van der Waals surface area contributed by atoms with Crippen LogP contribution in [0, 0.1) is 17.8 Å². The number of fused-ring (bicyclic) bond motifs is 3. The van der Waals surface area contributed by atoms with Crippen LogP contribution < -0.4 is 14.8 Å². The van der Waals surface area contributed by atoms with Gasteiger partial charge in [0.2, 0.25) is 15.9 Å². The Bertz CT molecular complexity index is 1500. The molecular weight excluding hydrogens is 590 g/mol. The van der Waals surface area contributed by atoms with Crippen LogP contribution in [0.2, 0.25) is 5.02 Å². The molecule has 0 bridgehead atoms. The maximum atomic E-state index is 13.0. The van der Waals surface area contributed by atoms with Gasteiger partial charge in [-0.25, -0.2) is 18.4 Å². The van der Waals surface area contributed by atoms with Crippen LogP contribution in [0.5, 0.6) is 5.75 Å². The Balaban J connectivity index is 1.36. The van der Waals surface area contributed by atoms with Gasteiger partial charge in [0.1, 0.15) is 5.75 Å². The van der Waals surface area contributed by atoms with E-state index in [1.165, 1.54) is 11.1 Å². The fraction of sp³-hybridized carbons (Fsp3) is 0.562. The van der Waals surface area contributed by atoms with Gasteiger partial charge in [0.25, 0.3) is 0 Å². The van der Waals surface area contributed by atoms with E-state index in [4.69, 9.17) is 21.5 Å². The molecule has 5 atom stereocenters. The summed E-state index contributed by atoms with van der Waals surface area (Å²) in [5.41, 5.74) is 3.24. The number of amides is 1. The van der Waals surface area contributed by atoms with Crippen molar-refractivity contribution in [2.75, 3.05) is 38.2 Å². The lowest BCUT2D eigenvalue weighted by atomic mass is 9.69. The van der Waals surface area contributed by atoms with Crippen LogP contribution in [0.4, 0.5) is 5.69 Å². The zero-order valence-corrected chi connectivity index (χ0v) is 26.7. The zero-order valence-electron chi connectivity index (χ0n) is 25.1. The van der Waals surface area contributed by atoms with E-state index in [1.54, 1.807) is 44.0 Å². The van der Waals surface area contributed by atoms with E-state index in [-0.39, 0.29) is 35.1 Å². The third-order valence-electron chi connectivity index (χ3n) is 10.1. The van der Waals surface area contributed by atoms with Gasteiger partial charge in [-0.3, -0.25) is 4.79 Å². The van der Waals surface area contributed by atoms with Crippen LogP contribution in [0.3, 0.4) is 0 Å². The third kappa shape index (κ3) is 6.66. The SMILES string of the molecule is CC(CC(=O)N(C)C[C@@H]1CC[C@H]1CN1CC2(CCCc3cc(Cl)ccc32)COc2ccc(C(=O)O)cc21)C(C)S(N)(=O)=O. The summed E-state index contributed by atoms with van der Waals surface area (Å²) in [6.07, 6.45) is 5.06. The predicted octanol–water partition coefficient (Wildman–Crippen LogP) is 4.70. The van der Waals surface area contributed by atoms with E-state index in [0.29, 0.717) is 31.4 Å². The van der Waals surface area contributed by atoms with E-state index in [9.17, 15) is 23.1 Å². The second kappa shape index (κ2) is 12.3. The summed E-state index contributed by atoms with van der Waals surface area (Å²) in [7, 11) is -1.94. The lowest BCUT2D eigenvalue weighted by Crippen LogP contribution is -2.49. The summed E-state index contributed by atoms with van der Waals surface area (Å²) >= 11 is 6.37. The Morgan fingerprint density at radius 2 is 1.93 bits per heavy atom. The highest BCUT2D eigenvalue weighted by Crippen LogP contribution is 2.46. The average Bonchev–Trinajstić information content (AvgIpc) is 3.09. The standard InChI is InChI=1S/C32H42ClN3O6S/c1-20(21(2)43(34,40)41)13-30(37)35(3)16-24-6-7-25(24)17-36-18-32(12-4-5-22-14-26(33)9-10-27(22)32)19-42-29-11-8-23(31(38)39)15-28(29)36/h8-11,14-15,20-21,24-25H,4-7,12-13,16-19H2,1-3H3,(H,38,39)(H2,34,40,41)/t20?,21?,24-,25-,32?/m0/s1.